The lowest BCUT2D eigenvalue weighted by molar-refractivity contribution is -0.142. The van der Waals surface area contributed by atoms with Gasteiger partial charge in [-0.15, -0.1) is 0 Å². The van der Waals surface area contributed by atoms with Crippen molar-refractivity contribution in [2.75, 3.05) is 26.7 Å². The van der Waals surface area contributed by atoms with Crippen molar-refractivity contribution in [3.63, 3.8) is 0 Å². The van der Waals surface area contributed by atoms with Crippen LogP contribution in [-0.4, -0.2) is 54.6 Å². The fraction of sp³-hybridized carbons (Fsp3) is 0.867. The van der Waals surface area contributed by atoms with Crippen LogP contribution in [0.25, 0.3) is 0 Å². The van der Waals surface area contributed by atoms with E-state index in [1.807, 2.05) is 9.80 Å². The Morgan fingerprint density at radius 1 is 1.00 bits per heavy atom. The van der Waals surface area contributed by atoms with Crippen LogP contribution in [0.5, 0.6) is 0 Å². The van der Waals surface area contributed by atoms with Crippen LogP contribution < -0.4 is 0 Å². The molecule has 0 aromatic rings. The molecule has 0 radical (unpaired) electrons. The second-order valence-corrected chi connectivity index (χ2v) is 5.81. The van der Waals surface area contributed by atoms with Gasteiger partial charge in [0.15, 0.2) is 0 Å². The third-order valence-corrected chi connectivity index (χ3v) is 4.38. The van der Waals surface area contributed by atoms with Crippen molar-refractivity contribution < 1.29 is 14.3 Å². The standard InChI is InChI=1S/C15H26N2O3/c1-20-14(18)12-13-8-4-7-11-17(13)15(19)16-9-5-2-3-6-10-16/h13H,2-12H2,1H3. The molecule has 5 nitrogen and oxygen atoms in total. The molecule has 2 rings (SSSR count). The molecule has 0 N–H and O–H groups in total. The number of piperidine rings is 1. The van der Waals surface area contributed by atoms with Gasteiger partial charge in [0.25, 0.3) is 0 Å². The molecule has 0 saturated carbocycles. The molecule has 2 heterocycles. The number of nitrogens with zero attached hydrogens (tertiary/aromatic N) is 2. The van der Waals surface area contributed by atoms with E-state index in [2.05, 4.69) is 0 Å². The maximum atomic E-state index is 12.7. The van der Waals surface area contributed by atoms with E-state index in [1.165, 1.54) is 20.0 Å². The lowest BCUT2D eigenvalue weighted by Crippen LogP contribution is -2.51. The quantitative estimate of drug-likeness (QED) is 0.731. The highest BCUT2D eigenvalue weighted by molar-refractivity contribution is 5.76. The third-order valence-electron chi connectivity index (χ3n) is 4.38. The van der Waals surface area contributed by atoms with Crippen LogP contribution in [0.15, 0.2) is 0 Å². The van der Waals surface area contributed by atoms with Crippen LogP contribution >= 0.6 is 0 Å². The Balaban J connectivity index is 1.98. The molecule has 1 unspecified atom stereocenters. The molecule has 0 aliphatic carbocycles. The summed E-state index contributed by atoms with van der Waals surface area (Å²) in [4.78, 5) is 28.1. The van der Waals surface area contributed by atoms with Gasteiger partial charge in [-0.3, -0.25) is 4.79 Å². The highest BCUT2D eigenvalue weighted by Gasteiger charge is 2.31. The number of hydrogen-bond acceptors (Lipinski definition) is 3. The van der Waals surface area contributed by atoms with Crippen LogP contribution in [0.1, 0.15) is 51.4 Å². The first kappa shape index (κ1) is 15.1. The number of carbonyl (C=O) groups excluding carboxylic acids is 2. The first-order valence-corrected chi connectivity index (χ1v) is 7.84. The summed E-state index contributed by atoms with van der Waals surface area (Å²) >= 11 is 0. The van der Waals surface area contributed by atoms with Crippen molar-refractivity contribution in [3.8, 4) is 0 Å². The summed E-state index contributed by atoms with van der Waals surface area (Å²) in [5.74, 6) is -0.217. The van der Waals surface area contributed by atoms with Gasteiger partial charge in [-0.05, 0) is 32.1 Å². The number of likely N-dealkylation sites (tertiary alicyclic amines) is 2. The van der Waals surface area contributed by atoms with E-state index in [0.717, 1.165) is 51.7 Å². The van der Waals surface area contributed by atoms with E-state index in [4.69, 9.17) is 4.74 Å². The number of methoxy groups -OCH3 is 1. The number of ether oxygens (including phenoxy) is 1. The van der Waals surface area contributed by atoms with Crippen LogP contribution in [0, 0.1) is 0 Å². The van der Waals surface area contributed by atoms with Crippen LogP contribution in [0.2, 0.25) is 0 Å². The summed E-state index contributed by atoms with van der Waals surface area (Å²) in [6.07, 6.45) is 8.00. The second kappa shape index (κ2) is 7.50. The number of esters is 1. The molecule has 2 aliphatic rings. The maximum absolute atomic E-state index is 12.7. The molecule has 0 bridgehead atoms. The highest BCUT2D eigenvalue weighted by Crippen LogP contribution is 2.22. The molecular weight excluding hydrogens is 256 g/mol. The molecule has 2 saturated heterocycles. The Morgan fingerprint density at radius 3 is 2.30 bits per heavy atom. The van der Waals surface area contributed by atoms with E-state index in [0.29, 0.717) is 6.42 Å². The van der Waals surface area contributed by atoms with Gasteiger partial charge in [0.2, 0.25) is 0 Å². The zero-order valence-electron chi connectivity index (χ0n) is 12.5. The molecule has 2 aliphatic heterocycles. The van der Waals surface area contributed by atoms with Gasteiger partial charge in [0.05, 0.1) is 13.5 Å². The molecule has 0 aromatic heterocycles. The summed E-state index contributed by atoms with van der Waals surface area (Å²) in [6.45, 7) is 2.50. The minimum atomic E-state index is -0.217. The Bertz CT molecular complexity index is 338. The minimum Gasteiger partial charge on any atom is -0.469 e. The first-order chi connectivity index (χ1) is 9.72. The van der Waals surface area contributed by atoms with E-state index in [9.17, 15) is 9.59 Å². The second-order valence-electron chi connectivity index (χ2n) is 5.81. The average molecular weight is 282 g/mol. The Labute approximate surface area is 121 Å². The summed E-state index contributed by atoms with van der Waals surface area (Å²) in [6, 6.07) is 0.146. The van der Waals surface area contributed by atoms with Gasteiger partial charge in [-0.2, -0.15) is 0 Å². The van der Waals surface area contributed by atoms with Crippen molar-refractivity contribution in [2.24, 2.45) is 0 Å². The first-order valence-electron chi connectivity index (χ1n) is 7.84. The van der Waals surface area contributed by atoms with E-state index in [1.54, 1.807) is 0 Å². The number of urea groups is 1. The number of carbonyl (C=O) groups is 2. The summed E-state index contributed by atoms with van der Waals surface area (Å²) in [7, 11) is 1.41. The van der Waals surface area contributed by atoms with Gasteiger partial charge in [-0.25, -0.2) is 4.79 Å². The molecule has 2 fully saturated rings. The van der Waals surface area contributed by atoms with Gasteiger partial charge >= 0.3 is 12.0 Å². The molecule has 2 amide bonds. The van der Waals surface area contributed by atoms with Crippen LogP contribution in [0.3, 0.4) is 0 Å². The van der Waals surface area contributed by atoms with Crippen LogP contribution in [0.4, 0.5) is 4.79 Å². The molecule has 0 spiro atoms. The SMILES string of the molecule is COC(=O)CC1CCCCN1C(=O)N1CCCCCC1. The van der Waals surface area contributed by atoms with Crippen molar-refractivity contribution in [1.29, 1.82) is 0 Å². The lowest BCUT2D eigenvalue weighted by Gasteiger charge is -2.38. The highest BCUT2D eigenvalue weighted by atomic mass is 16.5. The van der Waals surface area contributed by atoms with Crippen molar-refractivity contribution in [3.05, 3.63) is 0 Å². The Morgan fingerprint density at radius 2 is 1.65 bits per heavy atom. The van der Waals surface area contributed by atoms with E-state index in [-0.39, 0.29) is 18.0 Å². The predicted molar refractivity (Wildman–Crippen MR) is 76.4 cm³/mol. The number of hydrogen-bond donors (Lipinski definition) is 0. The van der Waals surface area contributed by atoms with Crippen LogP contribution in [-0.2, 0) is 9.53 Å². The minimum absolute atomic E-state index is 0.0203. The molecule has 20 heavy (non-hydrogen) atoms. The number of amides is 2. The summed E-state index contributed by atoms with van der Waals surface area (Å²) < 4.78 is 4.76. The molecule has 114 valence electrons. The fourth-order valence-corrected chi connectivity index (χ4v) is 3.18. The van der Waals surface area contributed by atoms with E-state index >= 15 is 0 Å². The van der Waals surface area contributed by atoms with Gasteiger partial charge < -0.3 is 14.5 Å². The Kier molecular flexibility index (Phi) is 5.68. The third kappa shape index (κ3) is 3.87. The summed E-state index contributed by atoms with van der Waals surface area (Å²) in [5, 5.41) is 0. The van der Waals surface area contributed by atoms with Gasteiger partial charge in [-0.1, -0.05) is 12.8 Å². The number of rotatable bonds is 2. The maximum Gasteiger partial charge on any atom is 0.320 e. The van der Waals surface area contributed by atoms with Gasteiger partial charge in [0, 0.05) is 25.7 Å². The topological polar surface area (TPSA) is 49.9 Å². The molecule has 5 heteroatoms. The van der Waals surface area contributed by atoms with Gasteiger partial charge in [0.1, 0.15) is 0 Å². The lowest BCUT2D eigenvalue weighted by atomic mass is 10.00. The van der Waals surface area contributed by atoms with E-state index < -0.39 is 0 Å². The van der Waals surface area contributed by atoms with Crippen molar-refractivity contribution in [1.82, 2.24) is 9.80 Å². The average Bonchev–Trinajstić information content (AvgIpc) is 2.76. The summed E-state index contributed by atoms with van der Waals surface area (Å²) in [5.41, 5.74) is 0. The molecule has 1 atom stereocenters. The van der Waals surface area contributed by atoms with Crippen molar-refractivity contribution >= 4 is 12.0 Å². The Hall–Kier alpha value is -1.26. The van der Waals surface area contributed by atoms with Crippen molar-refractivity contribution in [2.45, 2.75) is 57.4 Å². The smallest absolute Gasteiger partial charge is 0.320 e. The zero-order chi connectivity index (χ0) is 14.4. The zero-order valence-corrected chi connectivity index (χ0v) is 12.5. The fourth-order valence-electron chi connectivity index (χ4n) is 3.18. The monoisotopic (exact) mass is 282 g/mol. The largest absolute Gasteiger partial charge is 0.469 e. The normalized spacial score (nSPS) is 24.1. The molecule has 0 aromatic carbocycles. The molecular formula is C15H26N2O3. The predicted octanol–water partition coefficient (Wildman–Crippen LogP) is 2.40.